The van der Waals surface area contributed by atoms with Crippen LogP contribution < -0.4 is 5.32 Å². The molecule has 1 aliphatic rings. The van der Waals surface area contributed by atoms with E-state index in [1.54, 1.807) is 25.7 Å². The Balaban J connectivity index is 2.66. The van der Waals surface area contributed by atoms with E-state index in [2.05, 4.69) is 10.2 Å². The molecular weight excluding hydrogens is 218 g/mol. The van der Waals surface area contributed by atoms with Gasteiger partial charge in [0.2, 0.25) is 11.8 Å². The molecule has 1 N–H and O–H groups in total. The summed E-state index contributed by atoms with van der Waals surface area (Å²) in [6.45, 7) is 6.82. The number of nitrogens with zero attached hydrogens (tertiary/aromatic N) is 2. The minimum atomic E-state index is -0.776. The summed E-state index contributed by atoms with van der Waals surface area (Å²) in [7, 11) is 4.00. The Kier molecular flexibility index (Phi) is 4.14. The highest BCUT2D eigenvalue weighted by Crippen LogP contribution is 2.17. The van der Waals surface area contributed by atoms with E-state index in [-0.39, 0.29) is 17.9 Å². The molecular formula is C12H23N3O2. The van der Waals surface area contributed by atoms with Crippen molar-refractivity contribution >= 4 is 11.8 Å². The van der Waals surface area contributed by atoms with E-state index in [1.165, 1.54) is 0 Å². The highest BCUT2D eigenvalue weighted by atomic mass is 16.2. The van der Waals surface area contributed by atoms with Gasteiger partial charge in [-0.05, 0) is 47.8 Å². The lowest BCUT2D eigenvalue weighted by atomic mass is 9.97. The molecule has 1 unspecified atom stereocenters. The van der Waals surface area contributed by atoms with Crippen LogP contribution in [-0.4, -0.2) is 60.4 Å². The topological polar surface area (TPSA) is 52.7 Å². The highest BCUT2D eigenvalue weighted by Gasteiger charge is 2.42. The summed E-state index contributed by atoms with van der Waals surface area (Å²) in [5.41, 5.74) is -0.776. The van der Waals surface area contributed by atoms with Gasteiger partial charge in [0.1, 0.15) is 11.6 Å². The number of hydrogen-bond acceptors (Lipinski definition) is 3. The molecule has 0 saturated carbocycles. The van der Waals surface area contributed by atoms with Crippen LogP contribution in [0.5, 0.6) is 0 Å². The van der Waals surface area contributed by atoms with Crippen LogP contribution in [0.25, 0.3) is 0 Å². The normalized spacial score (nSPS) is 24.1. The fraction of sp³-hybridized carbons (Fsp3) is 0.833. The molecule has 0 spiro atoms. The fourth-order valence-corrected chi connectivity index (χ4v) is 1.99. The first-order valence-corrected chi connectivity index (χ1v) is 6.03. The summed E-state index contributed by atoms with van der Waals surface area (Å²) in [5.74, 6) is -0.0668. The average molecular weight is 241 g/mol. The quantitative estimate of drug-likeness (QED) is 0.757. The number of amides is 2. The lowest BCUT2D eigenvalue weighted by Gasteiger charge is -2.41. The zero-order chi connectivity index (χ0) is 13.2. The molecule has 0 aromatic rings. The molecule has 0 aromatic heterocycles. The third kappa shape index (κ3) is 3.19. The Morgan fingerprint density at radius 1 is 1.35 bits per heavy atom. The molecule has 0 aromatic carbocycles. The molecule has 98 valence electrons. The van der Waals surface area contributed by atoms with Crippen molar-refractivity contribution in [3.8, 4) is 0 Å². The van der Waals surface area contributed by atoms with Gasteiger partial charge in [0.15, 0.2) is 0 Å². The largest absolute Gasteiger partial charge is 0.340 e. The Bertz CT molecular complexity index is 313. The van der Waals surface area contributed by atoms with Crippen LogP contribution in [0, 0.1) is 0 Å². The molecule has 1 atom stereocenters. The Morgan fingerprint density at radius 2 is 1.94 bits per heavy atom. The van der Waals surface area contributed by atoms with Gasteiger partial charge in [-0.3, -0.25) is 9.59 Å². The summed E-state index contributed by atoms with van der Waals surface area (Å²) in [5, 5.41) is 2.74. The molecule has 0 radical (unpaired) electrons. The van der Waals surface area contributed by atoms with Crippen molar-refractivity contribution in [2.75, 3.05) is 27.2 Å². The minimum Gasteiger partial charge on any atom is -0.340 e. The first kappa shape index (κ1) is 14.0. The second-order valence-electron chi connectivity index (χ2n) is 5.45. The molecule has 17 heavy (non-hydrogen) atoms. The summed E-state index contributed by atoms with van der Waals surface area (Å²) >= 11 is 0. The summed E-state index contributed by atoms with van der Waals surface area (Å²) in [6, 6.07) is -0.363. The molecule has 1 rings (SSSR count). The molecule has 0 aliphatic carbocycles. The van der Waals surface area contributed by atoms with Crippen molar-refractivity contribution < 1.29 is 9.59 Å². The SMILES string of the molecule is CC1C(=O)NC(C)(C)C(=O)N1CCCN(C)C. The van der Waals surface area contributed by atoms with Gasteiger partial charge in [0, 0.05) is 6.54 Å². The van der Waals surface area contributed by atoms with Crippen LogP contribution in [0.1, 0.15) is 27.2 Å². The Morgan fingerprint density at radius 3 is 2.47 bits per heavy atom. The van der Waals surface area contributed by atoms with E-state index >= 15 is 0 Å². The highest BCUT2D eigenvalue weighted by molar-refractivity contribution is 5.99. The predicted molar refractivity (Wildman–Crippen MR) is 66.6 cm³/mol. The van der Waals surface area contributed by atoms with Crippen LogP contribution in [0.4, 0.5) is 0 Å². The number of rotatable bonds is 4. The molecule has 1 fully saturated rings. The molecule has 5 nitrogen and oxygen atoms in total. The smallest absolute Gasteiger partial charge is 0.248 e. The van der Waals surface area contributed by atoms with E-state index in [0.29, 0.717) is 6.54 Å². The third-order valence-corrected chi connectivity index (χ3v) is 3.08. The van der Waals surface area contributed by atoms with Gasteiger partial charge >= 0.3 is 0 Å². The lowest BCUT2D eigenvalue weighted by Crippen LogP contribution is -2.67. The number of nitrogens with one attached hydrogen (secondary N) is 1. The molecule has 0 bridgehead atoms. The van der Waals surface area contributed by atoms with E-state index in [9.17, 15) is 9.59 Å². The number of hydrogen-bond donors (Lipinski definition) is 1. The number of piperazine rings is 1. The van der Waals surface area contributed by atoms with Crippen LogP contribution in [-0.2, 0) is 9.59 Å². The summed E-state index contributed by atoms with van der Waals surface area (Å²) in [4.78, 5) is 27.7. The van der Waals surface area contributed by atoms with Crippen molar-refractivity contribution in [2.45, 2.75) is 38.8 Å². The van der Waals surface area contributed by atoms with E-state index in [4.69, 9.17) is 0 Å². The zero-order valence-corrected chi connectivity index (χ0v) is 11.4. The maximum absolute atomic E-state index is 12.2. The van der Waals surface area contributed by atoms with E-state index < -0.39 is 5.54 Å². The van der Waals surface area contributed by atoms with Crippen LogP contribution in [0.2, 0.25) is 0 Å². The van der Waals surface area contributed by atoms with Gasteiger partial charge in [-0.25, -0.2) is 0 Å². The lowest BCUT2D eigenvalue weighted by molar-refractivity contribution is -0.152. The predicted octanol–water partition coefficient (Wildman–Crippen LogP) is 0.0636. The van der Waals surface area contributed by atoms with Gasteiger partial charge in [0.25, 0.3) is 0 Å². The maximum Gasteiger partial charge on any atom is 0.248 e. The van der Waals surface area contributed by atoms with Crippen LogP contribution in [0.15, 0.2) is 0 Å². The fourth-order valence-electron chi connectivity index (χ4n) is 1.99. The minimum absolute atomic E-state index is 0.00311. The van der Waals surface area contributed by atoms with Gasteiger partial charge in [-0.2, -0.15) is 0 Å². The first-order chi connectivity index (χ1) is 7.75. The van der Waals surface area contributed by atoms with Gasteiger partial charge in [0.05, 0.1) is 0 Å². The van der Waals surface area contributed by atoms with Gasteiger partial charge in [-0.1, -0.05) is 0 Å². The summed E-state index contributed by atoms with van der Waals surface area (Å²) < 4.78 is 0. The molecule has 5 heteroatoms. The zero-order valence-electron chi connectivity index (χ0n) is 11.4. The Labute approximate surface area is 103 Å². The van der Waals surface area contributed by atoms with Crippen LogP contribution in [0.3, 0.4) is 0 Å². The maximum atomic E-state index is 12.2. The monoisotopic (exact) mass is 241 g/mol. The van der Waals surface area contributed by atoms with Crippen molar-refractivity contribution in [1.82, 2.24) is 15.1 Å². The standard InChI is InChI=1S/C12H23N3O2/c1-9-10(16)13-12(2,3)11(17)15(9)8-6-7-14(4)5/h9H,6-8H2,1-5H3,(H,13,16). The van der Waals surface area contributed by atoms with Crippen molar-refractivity contribution in [3.63, 3.8) is 0 Å². The van der Waals surface area contributed by atoms with Crippen molar-refractivity contribution in [1.29, 1.82) is 0 Å². The number of carbonyl (C=O) groups is 2. The molecule has 1 heterocycles. The molecule has 1 aliphatic heterocycles. The van der Waals surface area contributed by atoms with E-state index in [0.717, 1.165) is 13.0 Å². The second-order valence-corrected chi connectivity index (χ2v) is 5.45. The average Bonchev–Trinajstić information content (AvgIpc) is 2.19. The summed E-state index contributed by atoms with van der Waals surface area (Å²) in [6.07, 6.45) is 0.881. The van der Waals surface area contributed by atoms with Crippen molar-refractivity contribution in [2.24, 2.45) is 0 Å². The number of carbonyl (C=O) groups excluding carboxylic acids is 2. The molecule has 1 saturated heterocycles. The van der Waals surface area contributed by atoms with E-state index in [1.807, 2.05) is 14.1 Å². The van der Waals surface area contributed by atoms with Gasteiger partial charge in [-0.15, -0.1) is 0 Å². The van der Waals surface area contributed by atoms with Crippen LogP contribution >= 0.6 is 0 Å². The first-order valence-electron chi connectivity index (χ1n) is 6.03. The van der Waals surface area contributed by atoms with Gasteiger partial charge < -0.3 is 15.1 Å². The third-order valence-electron chi connectivity index (χ3n) is 3.08. The molecule has 2 amide bonds. The Hall–Kier alpha value is -1.10. The van der Waals surface area contributed by atoms with Crippen molar-refractivity contribution in [3.05, 3.63) is 0 Å². The second kappa shape index (κ2) is 5.04.